The van der Waals surface area contributed by atoms with Crippen molar-refractivity contribution < 1.29 is 13.2 Å². The fourth-order valence-corrected chi connectivity index (χ4v) is 4.20. The molecule has 0 spiro atoms. The van der Waals surface area contributed by atoms with Crippen molar-refractivity contribution in [2.24, 2.45) is 5.41 Å². The Labute approximate surface area is 121 Å². The van der Waals surface area contributed by atoms with Gasteiger partial charge < -0.3 is 10.2 Å². The van der Waals surface area contributed by atoms with Gasteiger partial charge in [-0.15, -0.1) is 12.4 Å². The molecule has 1 N–H and O–H groups in total. The molecule has 1 aliphatic carbocycles. The lowest BCUT2D eigenvalue weighted by Gasteiger charge is -2.33. The highest BCUT2D eigenvalue weighted by atomic mass is 35.5. The van der Waals surface area contributed by atoms with Gasteiger partial charge in [0.25, 0.3) is 0 Å². The standard InChI is InChI=1S/C12H22N2O3S.ClH/c1-10-8-14(6-5-13-10)11(15)7-12(3-4-12)9-18(2,16)17;/h10,13H,3-9H2,1-2H3;1H. The van der Waals surface area contributed by atoms with Crippen molar-refractivity contribution in [3.05, 3.63) is 0 Å². The van der Waals surface area contributed by atoms with E-state index in [4.69, 9.17) is 0 Å². The molecule has 0 bridgehead atoms. The van der Waals surface area contributed by atoms with E-state index >= 15 is 0 Å². The first-order valence-corrected chi connectivity index (χ1v) is 8.55. The first kappa shape index (κ1) is 16.7. The van der Waals surface area contributed by atoms with Crippen molar-refractivity contribution in [3.8, 4) is 0 Å². The second-order valence-corrected chi connectivity index (χ2v) is 8.08. The fourth-order valence-electron chi connectivity index (χ4n) is 2.70. The topological polar surface area (TPSA) is 66.5 Å². The van der Waals surface area contributed by atoms with Gasteiger partial charge in [-0.05, 0) is 25.2 Å². The van der Waals surface area contributed by atoms with Crippen LogP contribution in [0.3, 0.4) is 0 Å². The molecule has 1 amide bonds. The second kappa shape index (κ2) is 5.97. The van der Waals surface area contributed by atoms with Crippen LogP contribution in [0, 0.1) is 5.41 Å². The molecule has 7 heteroatoms. The minimum absolute atomic E-state index is 0. The lowest BCUT2D eigenvalue weighted by atomic mass is 10.0. The van der Waals surface area contributed by atoms with Gasteiger partial charge in [0.05, 0.1) is 5.75 Å². The Bertz CT molecular complexity index is 434. The lowest BCUT2D eigenvalue weighted by molar-refractivity contribution is -0.133. The number of piperazine rings is 1. The molecule has 5 nitrogen and oxygen atoms in total. The molecule has 1 saturated heterocycles. The van der Waals surface area contributed by atoms with E-state index in [9.17, 15) is 13.2 Å². The van der Waals surface area contributed by atoms with E-state index in [0.29, 0.717) is 12.5 Å². The molecule has 112 valence electrons. The number of sulfone groups is 1. The first-order chi connectivity index (χ1) is 8.30. The Morgan fingerprint density at radius 2 is 2.05 bits per heavy atom. The van der Waals surface area contributed by atoms with Crippen LogP contribution in [0.5, 0.6) is 0 Å². The monoisotopic (exact) mass is 310 g/mol. The molecular formula is C12H23ClN2O3S. The molecule has 1 atom stereocenters. The Morgan fingerprint density at radius 3 is 2.53 bits per heavy atom. The summed E-state index contributed by atoms with van der Waals surface area (Å²) in [4.78, 5) is 14.1. The van der Waals surface area contributed by atoms with Crippen LogP contribution in [0.4, 0.5) is 0 Å². The molecule has 1 unspecified atom stereocenters. The SMILES string of the molecule is CC1CN(C(=O)CC2(CS(C)(=O)=O)CC2)CCN1.Cl. The molecule has 1 saturated carbocycles. The highest BCUT2D eigenvalue weighted by Crippen LogP contribution is 2.50. The van der Waals surface area contributed by atoms with Crippen molar-refractivity contribution in [1.82, 2.24) is 10.2 Å². The van der Waals surface area contributed by atoms with E-state index in [2.05, 4.69) is 12.2 Å². The summed E-state index contributed by atoms with van der Waals surface area (Å²) in [6.07, 6.45) is 3.39. The van der Waals surface area contributed by atoms with E-state index in [-0.39, 0.29) is 29.5 Å². The maximum Gasteiger partial charge on any atom is 0.223 e. The van der Waals surface area contributed by atoms with Crippen LogP contribution >= 0.6 is 12.4 Å². The molecule has 0 aromatic rings. The summed E-state index contributed by atoms with van der Waals surface area (Å²) in [7, 11) is -2.99. The summed E-state index contributed by atoms with van der Waals surface area (Å²) in [6, 6.07) is 0.327. The molecule has 2 rings (SSSR count). The van der Waals surface area contributed by atoms with Gasteiger partial charge in [0.1, 0.15) is 9.84 Å². The average Bonchev–Trinajstić information content (AvgIpc) is 2.94. The van der Waals surface area contributed by atoms with Crippen molar-refractivity contribution >= 4 is 28.2 Å². The number of amides is 1. The zero-order chi connectivity index (χ0) is 13.4. The number of hydrogen-bond acceptors (Lipinski definition) is 4. The second-order valence-electron chi connectivity index (χ2n) is 5.94. The summed E-state index contributed by atoms with van der Waals surface area (Å²) in [6.45, 7) is 4.35. The molecular weight excluding hydrogens is 288 g/mol. The van der Waals surface area contributed by atoms with Crippen molar-refractivity contribution in [2.45, 2.75) is 32.2 Å². The van der Waals surface area contributed by atoms with E-state index in [1.807, 2.05) is 4.90 Å². The molecule has 1 heterocycles. The molecule has 0 aromatic heterocycles. The third kappa shape index (κ3) is 4.93. The minimum Gasteiger partial charge on any atom is -0.340 e. The summed E-state index contributed by atoms with van der Waals surface area (Å²) >= 11 is 0. The van der Waals surface area contributed by atoms with Crippen molar-refractivity contribution in [1.29, 1.82) is 0 Å². The van der Waals surface area contributed by atoms with Crippen LogP contribution < -0.4 is 5.32 Å². The van der Waals surface area contributed by atoms with E-state index in [1.165, 1.54) is 6.26 Å². The summed E-state index contributed by atoms with van der Waals surface area (Å²) in [5, 5.41) is 3.29. The largest absolute Gasteiger partial charge is 0.340 e. The maximum atomic E-state index is 12.2. The van der Waals surface area contributed by atoms with Crippen LogP contribution in [0.15, 0.2) is 0 Å². The summed E-state index contributed by atoms with van der Waals surface area (Å²) in [5.74, 6) is 0.275. The molecule has 19 heavy (non-hydrogen) atoms. The Morgan fingerprint density at radius 1 is 1.42 bits per heavy atom. The summed E-state index contributed by atoms with van der Waals surface area (Å²) < 4.78 is 22.7. The van der Waals surface area contributed by atoms with Gasteiger partial charge >= 0.3 is 0 Å². The minimum atomic E-state index is -2.99. The van der Waals surface area contributed by atoms with Crippen LogP contribution in [-0.4, -0.2) is 56.9 Å². The molecule has 1 aliphatic heterocycles. The van der Waals surface area contributed by atoms with Crippen molar-refractivity contribution in [2.75, 3.05) is 31.6 Å². The first-order valence-electron chi connectivity index (χ1n) is 6.49. The van der Waals surface area contributed by atoms with E-state index < -0.39 is 9.84 Å². The number of nitrogens with zero attached hydrogens (tertiary/aromatic N) is 1. The third-order valence-electron chi connectivity index (χ3n) is 3.77. The normalized spacial score (nSPS) is 25.6. The number of rotatable bonds is 4. The number of hydrogen-bond donors (Lipinski definition) is 1. The lowest BCUT2D eigenvalue weighted by Crippen LogP contribution is -2.51. The Kier molecular flexibility index (Phi) is 5.26. The average molecular weight is 311 g/mol. The number of nitrogens with one attached hydrogen (secondary N) is 1. The van der Waals surface area contributed by atoms with Crippen LogP contribution in [0.25, 0.3) is 0 Å². The van der Waals surface area contributed by atoms with Gasteiger partial charge in [0.2, 0.25) is 5.91 Å². The molecule has 2 aliphatic rings. The predicted octanol–water partition coefficient (Wildman–Crippen LogP) is 0.443. The van der Waals surface area contributed by atoms with Gasteiger partial charge in [-0.1, -0.05) is 0 Å². The summed E-state index contributed by atoms with van der Waals surface area (Å²) in [5.41, 5.74) is -0.251. The number of carbonyl (C=O) groups is 1. The van der Waals surface area contributed by atoms with Gasteiger partial charge in [-0.25, -0.2) is 8.42 Å². The Balaban J connectivity index is 0.00000180. The molecule has 0 aromatic carbocycles. The molecule has 0 radical (unpaired) electrons. The maximum absolute atomic E-state index is 12.2. The predicted molar refractivity (Wildman–Crippen MR) is 77.3 cm³/mol. The zero-order valence-electron chi connectivity index (χ0n) is 11.5. The van der Waals surface area contributed by atoms with Crippen LogP contribution in [-0.2, 0) is 14.6 Å². The molecule has 2 fully saturated rings. The van der Waals surface area contributed by atoms with Crippen molar-refractivity contribution in [3.63, 3.8) is 0 Å². The van der Waals surface area contributed by atoms with E-state index in [0.717, 1.165) is 32.5 Å². The van der Waals surface area contributed by atoms with Gasteiger partial charge in [0.15, 0.2) is 0 Å². The van der Waals surface area contributed by atoms with Gasteiger partial charge in [-0.2, -0.15) is 0 Å². The third-order valence-corrected chi connectivity index (χ3v) is 4.91. The number of halogens is 1. The van der Waals surface area contributed by atoms with Gasteiger partial charge in [0, 0.05) is 38.4 Å². The fraction of sp³-hybridized carbons (Fsp3) is 0.917. The zero-order valence-corrected chi connectivity index (χ0v) is 13.1. The van der Waals surface area contributed by atoms with Gasteiger partial charge in [-0.3, -0.25) is 4.79 Å². The van der Waals surface area contributed by atoms with E-state index in [1.54, 1.807) is 0 Å². The smallest absolute Gasteiger partial charge is 0.223 e. The Hall–Kier alpha value is -0.330. The van der Waals surface area contributed by atoms with Crippen LogP contribution in [0.2, 0.25) is 0 Å². The number of carbonyl (C=O) groups excluding carboxylic acids is 1. The highest BCUT2D eigenvalue weighted by Gasteiger charge is 2.47. The van der Waals surface area contributed by atoms with Crippen LogP contribution in [0.1, 0.15) is 26.2 Å². The highest BCUT2D eigenvalue weighted by molar-refractivity contribution is 7.90. The quantitative estimate of drug-likeness (QED) is 0.818.